The molecule has 0 bridgehead atoms. The van der Waals surface area contributed by atoms with Crippen molar-refractivity contribution in [2.75, 3.05) is 0 Å². The van der Waals surface area contributed by atoms with Gasteiger partial charge in [0.2, 0.25) is 17.2 Å². The van der Waals surface area contributed by atoms with Crippen LogP contribution in [0.5, 0.6) is 5.75 Å². The molecule has 0 unspecified atom stereocenters. The molecule has 1 N–H and O–H groups in total. The summed E-state index contributed by atoms with van der Waals surface area (Å²) in [5.41, 5.74) is -2.31. The fraction of sp³-hybridized carbons (Fsp3) is 0.125. The number of phenolic OH excluding ortho intramolecular Hbond substituents is 1. The number of Topliss-reactive ketones (excluding diaryl/α,β-unsaturated/α-hetero) is 4. The number of carbonyl (C=O) groups is 4. The Balaban J connectivity index is 1.59. The van der Waals surface area contributed by atoms with E-state index < -0.39 is 46.2 Å². The minimum atomic E-state index is -2.14. The number of fused-ring (bicyclic) bond motifs is 2. The second kappa shape index (κ2) is 7.66. The minimum absolute atomic E-state index is 0.0323. The first kappa shape index (κ1) is 22.5. The van der Waals surface area contributed by atoms with Gasteiger partial charge < -0.3 is 9.84 Å². The molecule has 4 aromatic rings. The van der Waals surface area contributed by atoms with E-state index in [0.717, 1.165) is 0 Å². The molecule has 1 aliphatic heterocycles. The van der Waals surface area contributed by atoms with Crippen molar-refractivity contribution in [3.63, 3.8) is 0 Å². The highest BCUT2D eigenvalue weighted by molar-refractivity contribution is 6.37. The maximum Gasteiger partial charge on any atom is 0.204 e. The Labute approximate surface area is 217 Å². The zero-order valence-corrected chi connectivity index (χ0v) is 20.0. The van der Waals surface area contributed by atoms with E-state index >= 15 is 0 Å². The molecular formula is C32H20O6. The fourth-order valence-electron chi connectivity index (χ4n) is 6.62. The molecule has 6 nitrogen and oxygen atoms in total. The van der Waals surface area contributed by atoms with Gasteiger partial charge in [0.25, 0.3) is 0 Å². The molecule has 1 fully saturated rings. The Morgan fingerprint density at radius 1 is 0.526 bits per heavy atom. The van der Waals surface area contributed by atoms with E-state index in [-0.39, 0.29) is 28.0 Å². The summed E-state index contributed by atoms with van der Waals surface area (Å²) in [5, 5.41) is 10.0. The van der Waals surface area contributed by atoms with Crippen LogP contribution in [0.1, 0.15) is 64.6 Å². The number of aromatic hydroxyl groups is 1. The molecule has 2 aliphatic carbocycles. The number of phenols is 1. The number of hydrogen-bond donors (Lipinski definition) is 1. The SMILES string of the molecule is O=C1c2ccccc2C(=O)C12O[C@@H](c1ccccc1)C1(C(=O)c3ccccc3C1=O)[C@H]2c1ccc(O)cc1. The van der Waals surface area contributed by atoms with Crippen molar-refractivity contribution in [2.45, 2.75) is 17.6 Å². The topological polar surface area (TPSA) is 97.7 Å². The van der Waals surface area contributed by atoms with E-state index in [2.05, 4.69) is 0 Å². The molecule has 2 spiro atoms. The van der Waals surface area contributed by atoms with Crippen LogP contribution in [0.3, 0.4) is 0 Å². The van der Waals surface area contributed by atoms with Gasteiger partial charge in [-0.15, -0.1) is 0 Å². The Bertz CT molecular complexity index is 1610. The van der Waals surface area contributed by atoms with Gasteiger partial charge in [-0.05, 0) is 23.3 Å². The van der Waals surface area contributed by atoms with Crippen molar-refractivity contribution in [3.05, 3.63) is 137 Å². The number of ether oxygens (including phenoxy) is 1. The van der Waals surface area contributed by atoms with Crippen molar-refractivity contribution in [1.82, 2.24) is 0 Å². The fourth-order valence-corrected chi connectivity index (χ4v) is 6.62. The van der Waals surface area contributed by atoms with E-state index in [1.807, 2.05) is 0 Å². The third kappa shape index (κ3) is 2.55. The van der Waals surface area contributed by atoms with Crippen LogP contribution in [0.15, 0.2) is 103 Å². The molecule has 4 aromatic carbocycles. The number of rotatable bonds is 2. The maximum atomic E-state index is 14.5. The second-order valence-electron chi connectivity index (χ2n) is 9.95. The van der Waals surface area contributed by atoms with Crippen molar-refractivity contribution in [2.24, 2.45) is 5.41 Å². The molecule has 1 saturated heterocycles. The highest BCUT2D eigenvalue weighted by Crippen LogP contribution is 2.67. The smallest absolute Gasteiger partial charge is 0.204 e. The van der Waals surface area contributed by atoms with Crippen LogP contribution < -0.4 is 0 Å². The van der Waals surface area contributed by atoms with Crippen LogP contribution in [0.2, 0.25) is 0 Å². The molecule has 6 heteroatoms. The van der Waals surface area contributed by atoms with Crippen molar-refractivity contribution in [3.8, 4) is 5.75 Å². The normalized spacial score (nSPS) is 22.3. The molecule has 184 valence electrons. The third-order valence-corrected chi connectivity index (χ3v) is 8.17. The number of ketones is 4. The van der Waals surface area contributed by atoms with Crippen molar-refractivity contribution >= 4 is 23.1 Å². The van der Waals surface area contributed by atoms with Crippen LogP contribution in [-0.4, -0.2) is 33.8 Å². The van der Waals surface area contributed by atoms with E-state index in [1.165, 1.54) is 12.1 Å². The lowest BCUT2D eigenvalue weighted by Gasteiger charge is -2.34. The predicted molar refractivity (Wildman–Crippen MR) is 136 cm³/mol. The average Bonchev–Trinajstić information content (AvgIpc) is 3.48. The van der Waals surface area contributed by atoms with E-state index in [0.29, 0.717) is 11.1 Å². The van der Waals surface area contributed by atoms with Crippen LogP contribution in [0.4, 0.5) is 0 Å². The van der Waals surface area contributed by atoms with E-state index in [1.54, 1.807) is 91.0 Å². The first-order valence-electron chi connectivity index (χ1n) is 12.3. The quantitative estimate of drug-likeness (QED) is 0.383. The maximum absolute atomic E-state index is 14.5. The van der Waals surface area contributed by atoms with E-state index in [4.69, 9.17) is 4.74 Å². The summed E-state index contributed by atoms with van der Waals surface area (Å²) in [6, 6.07) is 27.8. The van der Waals surface area contributed by atoms with E-state index in [9.17, 15) is 24.3 Å². The Morgan fingerprint density at radius 3 is 1.47 bits per heavy atom. The summed E-state index contributed by atoms with van der Waals surface area (Å²) in [6.45, 7) is 0. The highest BCUT2D eigenvalue weighted by atomic mass is 16.5. The lowest BCUT2D eigenvalue weighted by molar-refractivity contribution is -0.0210. The number of benzene rings is 4. The van der Waals surface area contributed by atoms with Gasteiger partial charge in [0, 0.05) is 22.3 Å². The predicted octanol–water partition coefficient (Wildman–Crippen LogP) is 5.13. The highest BCUT2D eigenvalue weighted by Gasteiger charge is 2.79. The second-order valence-corrected chi connectivity index (χ2v) is 9.95. The number of carbonyl (C=O) groups excluding carboxylic acids is 4. The monoisotopic (exact) mass is 500 g/mol. The first-order valence-corrected chi connectivity index (χ1v) is 12.3. The van der Waals surface area contributed by atoms with Crippen molar-refractivity contribution in [1.29, 1.82) is 0 Å². The van der Waals surface area contributed by atoms with Crippen LogP contribution in [0, 0.1) is 5.41 Å². The lowest BCUT2D eigenvalue weighted by atomic mass is 9.60. The summed E-state index contributed by atoms with van der Waals surface area (Å²) >= 11 is 0. The van der Waals surface area contributed by atoms with Crippen LogP contribution in [-0.2, 0) is 4.74 Å². The molecule has 1 heterocycles. The molecular weight excluding hydrogens is 480 g/mol. The molecule has 0 radical (unpaired) electrons. The summed E-state index contributed by atoms with van der Waals surface area (Å²) in [6.07, 6.45) is -1.21. The van der Waals surface area contributed by atoms with Gasteiger partial charge >= 0.3 is 0 Å². The zero-order valence-electron chi connectivity index (χ0n) is 20.0. The molecule has 38 heavy (non-hydrogen) atoms. The summed E-state index contributed by atoms with van der Waals surface area (Å²) < 4.78 is 6.61. The van der Waals surface area contributed by atoms with Gasteiger partial charge in [-0.1, -0.05) is 91.0 Å². The molecule has 2 atom stereocenters. The Hall–Kier alpha value is -4.68. The first-order chi connectivity index (χ1) is 18.4. The third-order valence-electron chi connectivity index (χ3n) is 8.17. The minimum Gasteiger partial charge on any atom is -0.508 e. The number of hydrogen-bond acceptors (Lipinski definition) is 6. The van der Waals surface area contributed by atoms with Gasteiger partial charge in [-0.3, -0.25) is 19.2 Å². The molecule has 7 rings (SSSR count). The van der Waals surface area contributed by atoms with Crippen LogP contribution in [0.25, 0.3) is 0 Å². The standard InChI is InChI=1S/C32H20O6/c33-20-16-14-18(15-17-20)25-31(26(34)21-10-4-5-11-22(21)27(31)35)30(19-8-2-1-3-9-19)38-32(25)28(36)23-12-6-7-13-24(23)29(32)37/h1-17,25,30,33H/t25-,30+/m1/s1. The van der Waals surface area contributed by atoms with Gasteiger partial charge in [-0.2, -0.15) is 0 Å². The van der Waals surface area contributed by atoms with Crippen molar-refractivity contribution < 1.29 is 29.0 Å². The van der Waals surface area contributed by atoms with Gasteiger partial charge in [0.1, 0.15) is 17.3 Å². The molecule has 0 saturated carbocycles. The Morgan fingerprint density at radius 2 is 0.974 bits per heavy atom. The summed E-state index contributed by atoms with van der Waals surface area (Å²) in [7, 11) is 0. The molecule has 0 aromatic heterocycles. The van der Waals surface area contributed by atoms with Gasteiger partial charge in [-0.25, -0.2) is 0 Å². The summed E-state index contributed by atoms with van der Waals surface area (Å²) in [5.74, 6) is -3.44. The average molecular weight is 501 g/mol. The largest absolute Gasteiger partial charge is 0.508 e. The zero-order chi connectivity index (χ0) is 26.2. The van der Waals surface area contributed by atoms with Gasteiger partial charge in [0.05, 0.1) is 5.92 Å². The molecule has 3 aliphatic rings. The summed E-state index contributed by atoms with van der Waals surface area (Å²) in [4.78, 5) is 57.6. The van der Waals surface area contributed by atoms with Gasteiger partial charge in [0.15, 0.2) is 11.6 Å². The van der Waals surface area contributed by atoms with Crippen LogP contribution >= 0.6 is 0 Å². The Kier molecular flexibility index (Phi) is 4.54. The molecule has 0 amide bonds. The lowest BCUT2D eigenvalue weighted by Crippen LogP contribution is -2.51.